The molecule has 3 heterocycles. The van der Waals surface area contributed by atoms with Gasteiger partial charge >= 0.3 is 0 Å². The van der Waals surface area contributed by atoms with Crippen molar-refractivity contribution in [2.45, 2.75) is 39.8 Å². The lowest BCUT2D eigenvalue weighted by Crippen LogP contribution is -2.23. The number of hydrogen-bond donors (Lipinski definition) is 1. The van der Waals surface area contributed by atoms with E-state index < -0.39 is 0 Å². The first-order valence-corrected chi connectivity index (χ1v) is 9.58. The number of aromatic nitrogens is 6. The van der Waals surface area contributed by atoms with Gasteiger partial charge in [-0.15, -0.1) is 0 Å². The molecule has 148 valence electrons. The van der Waals surface area contributed by atoms with E-state index in [0.717, 1.165) is 29.1 Å². The Morgan fingerprint density at radius 2 is 1.90 bits per heavy atom. The molecule has 0 aliphatic heterocycles. The van der Waals surface area contributed by atoms with E-state index in [4.69, 9.17) is 0 Å². The van der Waals surface area contributed by atoms with Gasteiger partial charge in [-0.25, -0.2) is 9.50 Å². The Balaban J connectivity index is 1.30. The number of nitrogens with one attached hydrogen (secondary N) is 1. The summed E-state index contributed by atoms with van der Waals surface area (Å²) >= 11 is 0. The van der Waals surface area contributed by atoms with Crippen molar-refractivity contribution >= 4 is 11.7 Å². The smallest absolute Gasteiger partial charge is 0.252 e. The van der Waals surface area contributed by atoms with Crippen LogP contribution in [0.1, 0.15) is 34.5 Å². The highest BCUT2D eigenvalue weighted by Gasteiger charge is 2.12. The number of aryl methyl sites for hydroxylation is 2. The summed E-state index contributed by atoms with van der Waals surface area (Å²) in [5.41, 5.74) is 5.15. The van der Waals surface area contributed by atoms with Gasteiger partial charge in [0.05, 0.1) is 6.54 Å². The van der Waals surface area contributed by atoms with Gasteiger partial charge in [0.2, 0.25) is 5.91 Å². The SMILES string of the molecule is Cc1nc2ncnn2c(C)c1CCC(=O)NCc1ccc(Cn2cccn2)cc1. The van der Waals surface area contributed by atoms with Crippen LogP contribution in [0.3, 0.4) is 0 Å². The van der Waals surface area contributed by atoms with Crippen molar-refractivity contribution in [2.75, 3.05) is 0 Å². The summed E-state index contributed by atoms with van der Waals surface area (Å²) < 4.78 is 3.59. The summed E-state index contributed by atoms with van der Waals surface area (Å²) in [6.45, 7) is 5.18. The minimum absolute atomic E-state index is 0.0168. The number of carbonyl (C=O) groups excluding carboxylic acids is 1. The van der Waals surface area contributed by atoms with Gasteiger partial charge in [0.1, 0.15) is 6.33 Å². The molecule has 1 N–H and O–H groups in total. The normalized spacial score (nSPS) is 11.1. The Morgan fingerprint density at radius 3 is 2.66 bits per heavy atom. The lowest BCUT2D eigenvalue weighted by atomic mass is 10.1. The maximum atomic E-state index is 12.3. The van der Waals surface area contributed by atoms with Gasteiger partial charge in [0.25, 0.3) is 5.78 Å². The Hall–Kier alpha value is -3.55. The lowest BCUT2D eigenvalue weighted by molar-refractivity contribution is -0.121. The Bertz CT molecular complexity index is 1110. The van der Waals surface area contributed by atoms with Gasteiger partial charge in [0.15, 0.2) is 0 Å². The first-order chi connectivity index (χ1) is 14.1. The zero-order valence-electron chi connectivity index (χ0n) is 16.5. The van der Waals surface area contributed by atoms with Crippen molar-refractivity contribution in [3.63, 3.8) is 0 Å². The van der Waals surface area contributed by atoms with Crippen molar-refractivity contribution in [2.24, 2.45) is 0 Å². The highest BCUT2D eigenvalue weighted by molar-refractivity contribution is 5.76. The summed E-state index contributed by atoms with van der Waals surface area (Å²) in [6, 6.07) is 10.1. The number of fused-ring (bicyclic) bond motifs is 1. The first-order valence-electron chi connectivity index (χ1n) is 9.58. The van der Waals surface area contributed by atoms with Crippen LogP contribution < -0.4 is 5.32 Å². The second kappa shape index (κ2) is 8.22. The van der Waals surface area contributed by atoms with Gasteiger partial charge in [-0.1, -0.05) is 24.3 Å². The van der Waals surface area contributed by atoms with Crippen molar-refractivity contribution in [1.82, 2.24) is 34.7 Å². The largest absolute Gasteiger partial charge is 0.352 e. The summed E-state index contributed by atoms with van der Waals surface area (Å²) in [5.74, 6) is 0.604. The summed E-state index contributed by atoms with van der Waals surface area (Å²) in [4.78, 5) is 20.9. The standard InChI is InChI=1S/C21H23N7O/c1-15-19(16(2)28-21(26-15)23-14-25-28)8-9-20(29)22-12-17-4-6-18(7-5-17)13-27-11-3-10-24-27/h3-7,10-11,14H,8-9,12-13H2,1-2H3,(H,22,29). The van der Waals surface area contributed by atoms with E-state index in [0.29, 0.717) is 25.2 Å². The number of hydrogen-bond acceptors (Lipinski definition) is 5. The Kier molecular flexibility index (Phi) is 5.33. The van der Waals surface area contributed by atoms with Crippen molar-refractivity contribution in [3.05, 3.63) is 77.1 Å². The number of rotatable bonds is 7. The summed E-state index contributed by atoms with van der Waals surface area (Å²) in [5, 5.41) is 11.4. The zero-order chi connectivity index (χ0) is 20.2. The topological polar surface area (TPSA) is 90.0 Å². The molecule has 4 aromatic rings. The van der Waals surface area contributed by atoms with E-state index in [2.05, 4.69) is 37.6 Å². The lowest BCUT2D eigenvalue weighted by Gasteiger charge is -2.11. The van der Waals surface area contributed by atoms with Crippen LogP contribution in [0.15, 0.2) is 49.1 Å². The molecule has 4 rings (SSSR count). The van der Waals surface area contributed by atoms with E-state index >= 15 is 0 Å². The molecule has 0 radical (unpaired) electrons. The van der Waals surface area contributed by atoms with Crippen LogP contribution in [0.25, 0.3) is 5.78 Å². The third-order valence-corrected chi connectivity index (χ3v) is 5.01. The van der Waals surface area contributed by atoms with E-state index in [9.17, 15) is 4.79 Å². The molecule has 29 heavy (non-hydrogen) atoms. The fourth-order valence-corrected chi connectivity index (χ4v) is 3.39. The van der Waals surface area contributed by atoms with E-state index in [1.54, 1.807) is 10.7 Å². The minimum atomic E-state index is 0.0168. The van der Waals surface area contributed by atoms with Crippen LogP contribution in [0, 0.1) is 13.8 Å². The van der Waals surface area contributed by atoms with Gasteiger partial charge in [0, 0.05) is 36.7 Å². The van der Waals surface area contributed by atoms with Crippen LogP contribution in [-0.4, -0.2) is 35.3 Å². The third kappa shape index (κ3) is 4.31. The maximum absolute atomic E-state index is 12.3. The van der Waals surface area contributed by atoms with Crippen LogP contribution in [0.4, 0.5) is 0 Å². The molecule has 0 saturated heterocycles. The first kappa shape index (κ1) is 18.8. The highest BCUT2D eigenvalue weighted by Crippen LogP contribution is 2.15. The molecular formula is C21H23N7O. The predicted molar refractivity (Wildman–Crippen MR) is 108 cm³/mol. The molecule has 0 spiro atoms. The fourth-order valence-electron chi connectivity index (χ4n) is 3.39. The minimum Gasteiger partial charge on any atom is -0.352 e. The molecule has 0 bridgehead atoms. The van der Waals surface area contributed by atoms with Crippen LogP contribution >= 0.6 is 0 Å². The number of benzene rings is 1. The molecule has 8 heteroatoms. The average molecular weight is 389 g/mol. The summed E-state index contributed by atoms with van der Waals surface area (Å²) in [6.07, 6.45) is 6.22. The van der Waals surface area contributed by atoms with Crippen LogP contribution in [0.2, 0.25) is 0 Å². The van der Waals surface area contributed by atoms with Gasteiger partial charge in [-0.05, 0) is 43.0 Å². The average Bonchev–Trinajstić information content (AvgIpc) is 3.39. The van der Waals surface area contributed by atoms with Gasteiger partial charge < -0.3 is 5.32 Å². The molecular weight excluding hydrogens is 366 g/mol. The monoisotopic (exact) mass is 389 g/mol. The molecule has 1 aromatic carbocycles. The fraction of sp³-hybridized carbons (Fsp3) is 0.286. The molecule has 8 nitrogen and oxygen atoms in total. The van der Waals surface area contributed by atoms with Gasteiger partial charge in [-0.3, -0.25) is 9.48 Å². The molecule has 3 aromatic heterocycles. The predicted octanol–water partition coefficient (Wildman–Crippen LogP) is 2.23. The molecule has 1 amide bonds. The quantitative estimate of drug-likeness (QED) is 0.523. The zero-order valence-corrected chi connectivity index (χ0v) is 16.5. The number of nitrogens with zero attached hydrogens (tertiary/aromatic N) is 6. The second-order valence-corrected chi connectivity index (χ2v) is 7.03. The molecule has 0 fully saturated rings. The number of carbonyl (C=O) groups is 1. The highest BCUT2D eigenvalue weighted by atomic mass is 16.1. The summed E-state index contributed by atoms with van der Waals surface area (Å²) in [7, 11) is 0. The van der Waals surface area contributed by atoms with E-state index in [-0.39, 0.29) is 5.91 Å². The molecule has 0 aliphatic carbocycles. The Morgan fingerprint density at radius 1 is 1.10 bits per heavy atom. The third-order valence-electron chi connectivity index (χ3n) is 5.01. The van der Waals surface area contributed by atoms with Crippen molar-refractivity contribution in [3.8, 4) is 0 Å². The molecule has 0 saturated carbocycles. The molecule has 0 unspecified atom stereocenters. The number of amides is 1. The molecule has 0 atom stereocenters. The van der Waals surface area contributed by atoms with Crippen LogP contribution in [-0.2, 0) is 24.3 Å². The van der Waals surface area contributed by atoms with Gasteiger partial charge in [-0.2, -0.15) is 15.2 Å². The van der Waals surface area contributed by atoms with Crippen molar-refractivity contribution in [1.29, 1.82) is 0 Å². The maximum Gasteiger partial charge on any atom is 0.252 e. The molecule has 0 aliphatic rings. The van der Waals surface area contributed by atoms with E-state index in [1.165, 1.54) is 11.9 Å². The van der Waals surface area contributed by atoms with E-state index in [1.807, 2.05) is 42.9 Å². The second-order valence-electron chi connectivity index (χ2n) is 7.03. The Labute approximate surface area is 168 Å². The van der Waals surface area contributed by atoms with Crippen molar-refractivity contribution < 1.29 is 4.79 Å². The van der Waals surface area contributed by atoms with Crippen LogP contribution in [0.5, 0.6) is 0 Å².